The van der Waals surface area contributed by atoms with Crippen molar-refractivity contribution in [2.24, 2.45) is 4.99 Å². The lowest BCUT2D eigenvalue weighted by molar-refractivity contribution is -0.161. The second-order valence-corrected chi connectivity index (χ2v) is 10.5. The minimum absolute atomic E-state index is 0.0761. The number of fused-ring (bicyclic) bond motifs is 1. The lowest BCUT2D eigenvalue weighted by Gasteiger charge is -2.43. The van der Waals surface area contributed by atoms with E-state index >= 15 is 0 Å². The maximum absolute atomic E-state index is 13.2. The van der Waals surface area contributed by atoms with Crippen molar-refractivity contribution in [2.75, 3.05) is 14.1 Å². The molecule has 0 bridgehead atoms. The van der Waals surface area contributed by atoms with Gasteiger partial charge in [0.2, 0.25) is 17.7 Å². The fraction of sp³-hybridized carbons (Fsp3) is 0.500. The van der Waals surface area contributed by atoms with Crippen LogP contribution in [0.25, 0.3) is 0 Å². The number of benzene rings is 1. The first-order chi connectivity index (χ1) is 14.9. The van der Waals surface area contributed by atoms with E-state index in [-0.39, 0.29) is 12.3 Å². The molecule has 0 aliphatic carbocycles. The molecule has 1 aromatic rings. The summed E-state index contributed by atoms with van der Waals surface area (Å²) in [5.41, 5.74) is 1.13. The summed E-state index contributed by atoms with van der Waals surface area (Å²) in [6.45, 7) is 5.25. The molecule has 0 aromatic heterocycles. The summed E-state index contributed by atoms with van der Waals surface area (Å²) < 4.78 is -0.675. The van der Waals surface area contributed by atoms with Gasteiger partial charge in [-0.25, -0.2) is 4.79 Å². The second kappa shape index (κ2) is 8.93. The van der Waals surface area contributed by atoms with Crippen LogP contribution >= 0.6 is 11.8 Å². The fourth-order valence-corrected chi connectivity index (χ4v) is 5.57. The Labute approximate surface area is 191 Å². The van der Waals surface area contributed by atoms with Gasteiger partial charge in [0.1, 0.15) is 17.5 Å². The molecule has 3 amide bonds. The Bertz CT molecular complexity index is 962. The third-order valence-electron chi connectivity index (χ3n) is 5.59. The summed E-state index contributed by atoms with van der Waals surface area (Å²) in [6, 6.07) is 6.23. The van der Waals surface area contributed by atoms with Crippen LogP contribution in [0.2, 0.25) is 0 Å². The van der Waals surface area contributed by atoms with Gasteiger partial charge < -0.3 is 20.2 Å². The quantitative estimate of drug-likeness (QED) is 0.468. The smallest absolute Gasteiger partial charge is 0.327 e. The van der Waals surface area contributed by atoms with Gasteiger partial charge >= 0.3 is 5.97 Å². The Morgan fingerprint density at radius 2 is 1.88 bits per heavy atom. The van der Waals surface area contributed by atoms with Gasteiger partial charge in [-0.3, -0.25) is 19.4 Å². The largest absolute Gasteiger partial charge is 0.480 e. The number of nitrogens with one attached hydrogen (secondary N) is 1. The zero-order valence-corrected chi connectivity index (χ0v) is 19.5. The van der Waals surface area contributed by atoms with Crippen LogP contribution in [0, 0.1) is 0 Å². The van der Waals surface area contributed by atoms with E-state index in [9.17, 15) is 24.3 Å². The lowest BCUT2D eigenvalue weighted by Crippen LogP contribution is -2.70. The van der Waals surface area contributed by atoms with Crippen LogP contribution in [-0.4, -0.2) is 80.6 Å². The molecule has 10 heteroatoms. The van der Waals surface area contributed by atoms with E-state index in [1.165, 1.54) is 21.6 Å². The monoisotopic (exact) mass is 460 g/mol. The summed E-state index contributed by atoms with van der Waals surface area (Å²) in [5, 5.41) is 11.9. The van der Waals surface area contributed by atoms with E-state index in [1.807, 2.05) is 6.07 Å². The first kappa shape index (κ1) is 23.8. The number of hydrogen-bond donors (Lipinski definition) is 2. The van der Waals surface area contributed by atoms with Crippen molar-refractivity contribution in [2.45, 2.75) is 55.4 Å². The maximum atomic E-state index is 13.2. The molecule has 2 N–H and O–H groups in total. The summed E-state index contributed by atoms with van der Waals surface area (Å²) >= 11 is 1.36. The molecule has 2 aliphatic rings. The van der Waals surface area contributed by atoms with Gasteiger partial charge in [0, 0.05) is 24.6 Å². The summed E-state index contributed by atoms with van der Waals surface area (Å²) in [6.07, 6.45) is 0.0761. The van der Waals surface area contributed by atoms with Crippen molar-refractivity contribution < 1.29 is 24.3 Å². The number of aliphatic imine (C=N–C) groups is 1. The molecule has 2 aliphatic heterocycles. The number of amides is 3. The van der Waals surface area contributed by atoms with E-state index < -0.39 is 46.0 Å². The van der Waals surface area contributed by atoms with Crippen molar-refractivity contribution in [1.29, 1.82) is 0 Å². The summed E-state index contributed by atoms with van der Waals surface area (Å²) in [5.74, 6) is -2.07. The van der Waals surface area contributed by atoms with Crippen LogP contribution in [0.1, 0.15) is 38.8 Å². The zero-order valence-electron chi connectivity index (χ0n) is 18.7. The van der Waals surface area contributed by atoms with Gasteiger partial charge in [-0.2, -0.15) is 0 Å². The number of thioether (sulfide) groups is 1. The number of aliphatic carboxylic acids is 1. The molecule has 2 fully saturated rings. The standard InChI is InChI=1S/C22H28N4O5S/c1-12(11-14(27)25(4)5)23-15(13-9-7-6-8-10-13)18(28)24-16-19(29)26-17(21(30)31)22(2,3)32-20(16)26/h6-10,15-17,20H,11H2,1-5H3,(H,24,28)(H,30,31)/t15?,16-,17+,20-/m1/s1. The molecule has 0 spiro atoms. The van der Waals surface area contributed by atoms with Crippen LogP contribution in [0.3, 0.4) is 0 Å². The molecular weight excluding hydrogens is 432 g/mol. The molecule has 0 radical (unpaired) electrons. The molecular formula is C22H28N4O5S. The average Bonchev–Trinajstić information content (AvgIpc) is 2.98. The number of hydrogen-bond acceptors (Lipinski definition) is 6. The Morgan fingerprint density at radius 1 is 1.25 bits per heavy atom. The molecule has 2 saturated heterocycles. The van der Waals surface area contributed by atoms with Crippen LogP contribution in [-0.2, 0) is 19.2 Å². The highest BCUT2D eigenvalue weighted by molar-refractivity contribution is 8.01. The van der Waals surface area contributed by atoms with Gasteiger partial charge in [0.15, 0.2) is 6.04 Å². The number of carboxylic acid groups (broad SMARTS) is 1. The van der Waals surface area contributed by atoms with Gasteiger partial charge in [0.25, 0.3) is 0 Å². The number of rotatable bonds is 7. The molecule has 4 atom stereocenters. The van der Waals surface area contributed by atoms with E-state index in [0.717, 1.165) is 0 Å². The summed E-state index contributed by atoms with van der Waals surface area (Å²) in [7, 11) is 3.30. The van der Waals surface area contributed by atoms with Gasteiger partial charge in [0.05, 0.1) is 6.42 Å². The Kier molecular flexibility index (Phi) is 6.64. The predicted octanol–water partition coefficient (Wildman–Crippen LogP) is 1.30. The van der Waals surface area contributed by atoms with E-state index in [1.54, 1.807) is 59.1 Å². The number of carbonyl (C=O) groups is 4. The van der Waals surface area contributed by atoms with E-state index in [0.29, 0.717) is 11.3 Å². The number of β-lactam (4-membered cyclic amide) rings is 1. The number of nitrogens with zero attached hydrogens (tertiary/aromatic N) is 3. The third kappa shape index (κ3) is 4.50. The zero-order chi connectivity index (χ0) is 23.8. The van der Waals surface area contributed by atoms with Gasteiger partial charge in [-0.05, 0) is 26.3 Å². The molecule has 2 heterocycles. The first-order valence-corrected chi connectivity index (χ1v) is 11.1. The van der Waals surface area contributed by atoms with Crippen LogP contribution in [0.4, 0.5) is 0 Å². The normalized spacial score (nSPS) is 24.9. The van der Waals surface area contributed by atoms with Crippen molar-refractivity contribution in [3.63, 3.8) is 0 Å². The van der Waals surface area contributed by atoms with E-state index in [2.05, 4.69) is 10.3 Å². The van der Waals surface area contributed by atoms with Crippen molar-refractivity contribution in [3.8, 4) is 0 Å². The number of carboxylic acids is 1. The molecule has 9 nitrogen and oxygen atoms in total. The minimum atomic E-state index is -1.06. The SMILES string of the molecule is CC(CC(=O)N(C)C)=NC(C(=O)N[C@@H]1C(=O)N2[C@@H]1SC(C)(C)[C@@H]2C(=O)O)c1ccccc1. The predicted molar refractivity (Wildman–Crippen MR) is 121 cm³/mol. The van der Waals surface area contributed by atoms with Crippen molar-refractivity contribution >= 4 is 41.2 Å². The molecule has 0 saturated carbocycles. The summed E-state index contributed by atoms with van der Waals surface area (Å²) in [4.78, 5) is 56.9. The minimum Gasteiger partial charge on any atom is -0.480 e. The van der Waals surface area contributed by atoms with Crippen molar-refractivity contribution in [3.05, 3.63) is 35.9 Å². The Balaban J connectivity index is 1.80. The van der Waals surface area contributed by atoms with Crippen LogP contribution < -0.4 is 5.32 Å². The highest BCUT2D eigenvalue weighted by Crippen LogP contribution is 2.50. The maximum Gasteiger partial charge on any atom is 0.327 e. The Hall–Kier alpha value is -2.88. The second-order valence-electron chi connectivity index (χ2n) is 8.73. The molecule has 32 heavy (non-hydrogen) atoms. The van der Waals surface area contributed by atoms with Crippen molar-refractivity contribution in [1.82, 2.24) is 15.1 Å². The molecule has 1 aromatic carbocycles. The Morgan fingerprint density at radius 3 is 2.44 bits per heavy atom. The highest BCUT2D eigenvalue weighted by atomic mass is 32.2. The highest BCUT2D eigenvalue weighted by Gasteiger charge is 2.64. The lowest BCUT2D eigenvalue weighted by atomic mass is 9.95. The molecule has 172 valence electrons. The van der Waals surface area contributed by atoms with Crippen LogP contribution in [0.5, 0.6) is 0 Å². The van der Waals surface area contributed by atoms with E-state index in [4.69, 9.17) is 0 Å². The average molecular weight is 461 g/mol. The first-order valence-electron chi connectivity index (χ1n) is 10.3. The van der Waals surface area contributed by atoms with Gasteiger partial charge in [-0.1, -0.05) is 30.3 Å². The molecule has 3 rings (SSSR count). The fourth-order valence-electron chi connectivity index (χ4n) is 3.94. The molecule has 1 unspecified atom stereocenters. The van der Waals surface area contributed by atoms with Crippen LogP contribution in [0.15, 0.2) is 35.3 Å². The topological polar surface area (TPSA) is 119 Å². The van der Waals surface area contributed by atoms with Gasteiger partial charge in [-0.15, -0.1) is 11.8 Å². The number of carbonyl (C=O) groups excluding carboxylic acids is 3. The third-order valence-corrected chi connectivity index (χ3v) is 7.16.